The highest BCUT2D eigenvalue weighted by atomic mass is 32.2. The van der Waals surface area contributed by atoms with Gasteiger partial charge in [0.25, 0.3) is 0 Å². The van der Waals surface area contributed by atoms with E-state index in [0.717, 1.165) is 25.9 Å². The molecule has 8 heteroatoms. The number of esters is 1. The minimum atomic E-state index is -0.695. The zero-order chi connectivity index (χ0) is 16.8. The van der Waals surface area contributed by atoms with Gasteiger partial charge in [-0.1, -0.05) is 0 Å². The maximum Gasteiger partial charge on any atom is 0.330 e. The van der Waals surface area contributed by atoms with Gasteiger partial charge < -0.3 is 19.9 Å². The molecule has 2 aliphatic heterocycles. The molecular weight excluding hydrogens is 318 g/mol. The van der Waals surface area contributed by atoms with Crippen molar-refractivity contribution in [2.75, 3.05) is 51.8 Å². The molecule has 0 spiro atoms. The molecule has 2 fully saturated rings. The van der Waals surface area contributed by atoms with Gasteiger partial charge in [0.15, 0.2) is 0 Å². The number of methoxy groups -OCH3 is 1. The van der Waals surface area contributed by atoms with Gasteiger partial charge in [0.2, 0.25) is 11.8 Å². The van der Waals surface area contributed by atoms with Crippen molar-refractivity contribution in [3.8, 4) is 0 Å². The third-order valence-electron chi connectivity index (χ3n) is 4.44. The lowest BCUT2D eigenvalue weighted by Crippen LogP contribution is -2.61. The van der Waals surface area contributed by atoms with Crippen molar-refractivity contribution < 1.29 is 19.1 Å². The van der Waals surface area contributed by atoms with E-state index in [1.54, 1.807) is 9.80 Å². The highest BCUT2D eigenvalue weighted by Gasteiger charge is 2.38. The second-order valence-electron chi connectivity index (χ2n) is 5.87. The van der Waals surface area contributed by atoms with Gasteiger partial charge in [-0.15, -0.1) is 0 Å². The first-order chi connectivity index (χ1) is 11.1. The molecule has 0 saturated carbocycles. The van der Waals surface area contributed by atoms with Gasteiger partial charge in [0.1, 0.15) is 6.04 Å². The molecule has 0 aromatic carbocycles. The molecule has 1 N–H and O–H groups in total. The Morgan fingerprint density at radius 1 is 1.22 bits per heavy atom. The Morgan fingerprint density at radius 2 is 1.91 bits per heavy atom. The highest BCUT2D eigenvalue weighted by Crippen LogP contribution is 2.19. The summed E-state index contributed by atoms with van der Waals surface area (Å²) in [7, 11) is 1.31. The fourth-order valence-corrected chi connectivity index (χ4v) is 3.57. The number of nitrogens with zero attached hydrogens (tertiary/aromatic N) is 2. The second kappa shape index (κ2) is 8.54. The largest absolute Gasteiger partial charge is 0.467 e. The highest BCUT2D eigenvalue weighted by molar-refractivity contribution is 7.99. The van der Waals surface area contributed by atoms with E-state index in [0.29, 0.717) is 18.8 Å². The van der Waals surface area contributed by atoms with E-state index in [-0.39, 0.29) is 24.3 Å². The summed E-state index contributed by atoms with van der Waals surface area (Å²) in [4.78, 5) is 40.2. The summed E-state index contributed by atoms with van der Waals surface area (Å²) < 4.78 is 4.83. The van der Waals surface area contributed by atoms with Crippen LogP contribution >= 0.6 is 11.8 Å². The fraction of sp³-hybridized carbons (Fsp3) is 0.800. The third kappa shape index (κ3) is 4.38. The number of carbonyl (C=O) groups excluding carboxylic acids is 3. The molecule has 7 nitrogen and oxygen atoms in total. The first kappa shape index (κ1) is 18.1. The number of amides is 2. The minimum absolute atomic E-state index is 0.0167. The Balaban J connectivity index is 2.04. The number of piperidine rings is 1. The standard InChI is InChI=1S/C15H25N3O4S/c1-22-15(21)12-9-17(7-8-18(12)13(19)10-23-2)14(20)11-3-5-16-6-4-11/h11-12,16H,3-10H2,1-2H3. The molecule has 0 bridgehead atoms. The van der Waals surface area contributed by atoms with Crippen LogP contribution < -0.4 is 5.32 Å². The molecule has 2 saturated heterocycles. The molecule has 130 valence electrons. The monoisotopic (exact) mass is 343 g/mol. The van der Waals surface area contributed by atoms with Crippen LogP contribution in [0.15, 0.2) is 0 Å². The van der Waals surface area contributed by atoms with Crippen molar-refractivity contribution in [3.63, 3.8) is 0 Å². The number of carbonyl (C=O) groups is 3. The first-order valence-corrected chi connectivity index (χ1v) is 9.33. The van der Waals surface area contributed by atoms with Crippen LogP contribution in [0.2, 0.25) is 0 Å². The van der Waals surface area contributed by atoms with Crippen LogP contribution in [0.3, 0.4) is 0 Å². The zero-order valence-corrected chi connectivity index (χ0v) is 14.6. The summed E-state index contributed by atoms with van der Waals surface area (Å²) in [5.41, 5.74) is 0. The lowest BCUT2D eigenvalue weighted by Gasteiger charge is -2.41. The maximum atomic E-state index is 12.7. The van der Waals surface area contributed by atoms with Crippen molar-refractivity contribution in [3.05, 3.63) is 0 Å². The smallest absolute Gasteiger partial charge is 0.330 e. The van der Waals surface area contributed by atoms with Gasteiger partial charge in [0, 0.05) is 19.0 Å². The molecule has 1 unspecified atom stereocenters. The fourth-order valence-electron chi connectivity index (χ4n) is 3.15. The predicted octanol–water partition coefficient (Wildman–Crippen LogP) is -0.439. The Kier molecular flexibility index (Phi) is 6.71. The number of piperazine rings is 1. The van der Waals surface area contributed by atoms with Gasteiger partial charge in [-0.2, -0.15) is 11.8 Å². The van der Waals surface area contributed by atoms with E-state index in [1.165, 1.54) is 18.9 Å². The van der Waals surface area contributed by atoms with E-state index in [2.05, 4.69) is 5.32 Å². The molecule has 2 amide bonds. The van der Waals surface area contributed by atoms with Crippen LogP contribution in [0.4, 0.5) is 0 Å². The second-order valence-corrected chi connectivity index (χ2v) is 6.73. The average molecular weight is 343 g/mol. The summed E-state index contributed by atoms with van der Waals surface area (Å²) in [5, 5.41) is 3.24. The molecule has 0 aliphatic carbocycles. The van der Waals surface area contributed by atoms with Crippen molar-refractivity contribution in [1.29, 1.82) is 0 Å². The summed E-state index contributed by atoms with van der Waals surface area (Å²) in [6.07, 6.45) is 3.50. The predicted molar refractivity (Wildman–Crippen MR) is 88.1 cm³/mol. The van der Waals surface area contributed by atoms with Crippen molar-refractivity contribution >= 4 is 29.5 Å². The van der Waals surface area contributed by atoms with E-state index in [4.69, 9.17) is 4.74 Å². The number of thioether (sulfide) groups is 1. The quantitative estimate of drug-likeness (QED) is 0.698. The van der Waals surface area contributed by atoms with Crippen LogP contribution in [-0.2, 0) is 19.1 Å². The molecule has 2 aliphatic rings. The topological polar surface area (TPSA) is 79.0 Å². The van der Waals surface area contributed by atoms with E-state index < -0.39 is 12.0 Å². The summed E-state index contributed by atoms with van der Waals surface area (Å²) >= 11 is 1.42. The molecule has 2 rings (SSSR count). The molecule has 2 heterocycles. The van der Waals surface area contributed by atoms with Crippen LogP contribution in [-0.4, -0.2) is 85.5 Å². The summed E-state index contributed by atoms with van der Waals surface area (Å²) in [6, 6.07) is -0.695. The first-order valence-electron chi connectivity index (χ1n) is 7.94. The van der Waals surface area contributed by atoms with Crippen LogP contribution in [0.25, 0.3) is 0 Å². The number of hydrogen-bond acceptors (Lipinski definition) is 6. The normalized spacial score (nSPS) is 22.8. The number of hydrogen-bond donors (Lipinski definition) is 1. The summed E-state index contributed by atoms with van der Waals surface area (Å²) in [6.45, 7) is 2.80. The summed E-state index contributed by atoms with van der Waals surface area (Å²) in [5.74, 6) is -0.0973. The third-order valence-corrected chi connectivity index (χ3v) is 4.98. The Morgan fingerprint density at radius 3 is 2.52 bits per heavy atom. The Hall–Kier alpha value is -1.28. The molecule has 0 radical (unpaired) electrons. The van der Waals surface area contributed by atoms with Crippen molar-refractivity contribution in [2.45, 2.75) is 18.9 Å². The van der Waals surface area contributed by atoms with Gasteiger partial charge in [-0.25, -0.2) is 4.79 Å². The Labute approximate surface area is 141 Å². The molecule has 0 aromatic rings. The van der Waals surface area contributed by atoms with E-state index in [9.17, 15) is 14.4 Å². The van der Waals surface area contributed by atoms with Crippen molar-refractivity contribution in [1.82, 2.24) is 15.1 Å². The van der Waals surface area contributed by atoms with Crippen LogP contribution in [0.5, 0.6) is 0 Å². The zero-order valence-electron chi connectivity index (χ0n) is 13.7. The molecule has 23 heavy (non-hydrogen) atoms. The van der Waals surface area contributed by atoms with Crippen LogP contribution in [0.1, 0.15) is 12.8 Å². The molecule has 0 aromatic heterocycles. The Bertz CT molecular complexity index is 454. The average Bonchev–Trinajstić information content (AvgIpc) is 2.60. The SMILES string of the molecule is COC(=O)C1CN(C(=O)C2CCNCC2)CCN1C(=O)CSC. The van der Waals surface area contributed by atoms with E-state index >= 15 is 0 Å². The minimum Gasteiger partial charge on any atom is -0.467 e. The van der Waals surface area contributed by atoms with Crippen molar-refractivity contribution in [2.24, 2.45) is 5.92 Å². The lowest BCUT2D eigenvalue weighted by molar-refractivity contribution is -0.158. The van der Waals surface area contributed by atoms with Gasteiger partial charge in [0.05, 0.1) is 19.4 Å². The lowest BCUT2D eigenvalue weighted by atomic mass is 9.96. The molecule has 1 atom stereocenters. The van der Waals surface area contributed by atoms with Gasteiger partial charge >= 0.3 is 5.97 Å². The van der Waals surface area contributed by atoms with Gasteiger partial charge in [-0.3, -0.25) is 9.59 Å². The van der Waals surface area contributed by atoms with Gasteiger partial charge in [-0.05, 0) is 32.2 Å². The number of nitrogens with one attached hydrogen (secondary N) is 1. The number of rotatable bonds is 4. The van der Waals surface area contributed by atoms with Crippen LogP contribution in [0, 0.1) is 5.92 Å². The maximum absolute atomic E-state index is 12.7. The molecular formula is C15H25N3O4S. The number of ether oxygens (including phenoxy) is 1. The van der Waals surface area contributed by atoms with E-state index in [1.807, 2.05) is 6.26 Å².